The molecule has 1 aliphatic carbocycles. The Kier molecular flexibility index (Phi) is 7.37. The molecule has 1 fully saturated rings. The Labute approximate surface area is 221 Å². The fourth-order valence-corrected chi connectivity index (χ4v) is 5.95. The van der Waals surface area contributed by atoms with E-state index in [0.717, 1.165) is 41.0 Å². The maximum atomic E-state index is 13.7. The first-order valence-corrected chi connectivity index (χ1v) is 14.2. The van der Waals surface area contributed by atoms with Gasteiger partial charge in [0.2, 0.25) is 0 Å². The number of aryl methyl sites for hydroxylation is 2. The third kappa shape index (κ3) is 5.81. The monoisotopic (exact) mass is 544 g/mol. The number of anilines is 2. The summed E-state index contributed by atoms with van der Waals surface area (Å²) in [5.41, 5.74) is -0.547. The van der Waals surface area contributed by atoms with Crippen LogP contribution in [0, 0.1) is 6.92 Å². The molecule has 0 amide bonds. The zero-order chi connectivity index (χ0) is 26.9. The molecule has 6 nitrogen and oxygen atoms in total. The van der Waals surface area contributed by atoms with Gasteiger partial charge in [0.05, 0.1) is 12.2 Å². The molecular formula is C28H31F3N4O2S. The first kappa shape index (κ1) is 26.5. The second kappa shape index (κ2) is 10.6. The SMILES string of the molecule is Cc1cccc2c1CN(S(=O)(=O)C(F)(F)F)CC(CCc1ccccc1)N2Cc1cc(NC2CC2)ccn1. The molecule has 2 heterocycles. The van der Waals surface area contributed by atoms with E-state index in [1.165, 1.54) is 0 Å². The highest BCUT2D eigenvalue weighted by atomic mass is 32.2. The summed E-state index contributed by atoms with van der Waals surface area (Å²) in [4.78, 5) is 6.60. The van der Waals surface area contributed by atoms with Crippen molar-refractivity contribution in [3.05, 3.63) is 89.2 Å². The second-order valence-electron chi connectivity index (χ2n) is 10.1. The molecule has 0 saturated heterocycles. The first-order valence-electron chi connectivity index (χ1n) is 12.8. The van der Waals surface area contributed by atoms with Crippen molar-refractivity contribution in [1.82, 2.24) is 9.29 Å². The molecule has 0 spiro atoms. The van der Waals surface area contributed by atoms with E-state index < -0.39 is 21.6 Å². The lowest BCUT2D eigenvalue weighted by atomic mass is 10.0. The van der Waals surface area contributed by atoms with Crippen molar-refractivity contribution in [2.45, 2.75) is 63.3 Å². The number of nitrogens with zero attached hydrogens (tertiary/aromatic N) is 3. The molecule has 1 unspecified atom stereocenters. The van der Waals surface area contributed by atoms with E-state index in [-0.39, 0.29) is 13.1 Å². The van der Waals surface area contributed by atoms with Crippen LogP contribution in [0.2, 0.25) is 0 Å². The van der Waals surface area contributed by atoms with Crippen LogP contribution >= 0.6 is 0 Å². The fourth-order valence-electron chi connectivity index (χ4n) is 4.99. The van der Waals surface area contributed by atoms with E-state index in [2.05, 4.69) is 10.3 Å². The highest BCUT2D eigenvalue weighted by molar-refractivity contribution is 7.89. The van der Waals surface area contributed by atoms with Crippen LogP contribution in [0.15, 0.2) is 66.9 Å². The summed E-state index contributed by atoms with van der Waals surface area (Å²) >= 11 is 0. The number of hydrogen-bond donors (Lipinski definition) is 1. The van der Waals surface area contributed by atoms with Crippen molar-refractivity contribution >= 4 is 21.4 Å². The largest absolute Gasteiger partial charge is 0.511 e. The standard InChI is InChI=1S/C28H31F3N4O2S/c1-20-6-5-9-27-26(20)19-34(38(36,37)28(29,30)31)18-25(13-10-21-7-3-2-4-8-21)35(27)17-24-16-23(14-15-32-24)33-22-11-12-22/h2-9,14-16,22,25H,10-13,17-19H2,1H3,(H,32,33). The van der Waals surface area contributed by atoms with E-state index in [1.807, 2.05) is 59.5 Å². The smallest absolute Gasteiger partial charge is 0.382 e. The van der Waals surface area contributed by atoms with Crippen LogP contribution in [0.4, 0.5) is 24.5 Å². The molecule has 10 heteroatoms. The number of nitrogens with one attached hydrogen (secondary N) is 1. The summed E-state index contributed by atoms with van der Waals surface area (Å²) in [6.45, 7) is 1.54. The molecule has 1 aromatic heterocycles. The Bertz CT molecular complexity index is 1380. The number of pyridine rings is 1. The molecule has 3 aromatic rings. The Morgan fingerprint density at radius 2 is 1.82 bits per heavy atom. The van der Waals surface area contributed by atoms with Crippen molar-refractivity contribution in [3.63, 3.8) is 0 Å². The Morgan fingerprint density at radius 1 is 1.05 bits per heavy atom. The van der Waals surface area contributed by atoms with Gasteiger partial charge in [0.15, 0.2) is 0 Å². The van der Waals surface area contributed by atoms with E-state index in [1.54, 1.807) is 19.2 Å². The molecule has 1 atom stereocenters. The van der Waals surface area contributed by atoms with Gasteiger partial charge in [-0.3, -0.25) is 4.98 Å². The van der Waals surface area contributed by atoms with E-state index in [9.17, 15) is 21.6 Å². The van der Waals surface area contributed by atoms with Crippen LogP contribution in [-0.2, 0) is 29.5 Å². The van der Waals surface area contributed by atoms with Gasteiger partial charge in [0.1, 0.15) is 0 Å². The van der Waals surface area contributed by atoms with Gasteiger partial charge in [-0.15, -0.1) is 0 Å². The summed E-state index contributed by atoms with van der Waals surface area (Å²) in [7, 11) is -5.53. The van der Waals surface area contributed by atoms with Gasteiger partial charge in [0.25, 0.3) is 0 Å². The number of benzene rings is 2. The minimum absolute atomic E-state index is 0.275. The average Bonchev–Trinajstić information content (AvgIpc) is 3.71. The minimum Gasteiger partial charge on any atom is -0.382 e. The zero-order valence-corrected chi connectivity index (χ0v) is 22.0. The average molecular weight is 545 g/mol. The lowest BCUT2D eigenvalue weighted by Gasteiger charge is -2.34. The van der Waals surface area contributed by atoms with Crippen LogP contribution in [0.3, 0.4) is 0 Å². The van der Waals surface area contributed by atoms with Crippen LogP contribution in [-0.4, -0.2) is 41.8 Å². The van der Waals surface area contributed by atoms with E-state index in [0.29, 0.717) is 35.3 Å². The predicted octanol–water partition coefficient (Wildman–Crippen LogP) is 5.64. The van der Waals surface area contributed by atoms with Gasteiger partial charge >= 0.3 is 15.5 Å². The van der Waals surface area contributed by atoms with Gasteiger partial charge in [-0.1, -0.05) is 42.5 Å². The minimum atomic E-state index is -5.53. The van der Waals surface area contributed by atoms with Crippen molar-refractivity contribution in [2.24, 2.45) is 0 Å². The molecule has 2 aliphatic rings. The van der Waals surface area contributed by atoms with Gasteiger partial charge in [-0.2, -0.15) is 17.5 Å². The molecule has 1 saturated carbocycles. The summed E-state index contributed by atoms with van der Waals surface area (Å²) in [5, 5.41) is 3.46. The molecule has 1 aliphatic heterocycles. The summed E-state index contributed by atoms with van der Waals surface area (Å²) in [5.74, 6) is 0. The summed E-state index contributed by atoms with van der Waals surface area (Å²) in [6.07, 6.45) is 5.05. The topological polar surface area (TPSA) is 65.5 Å². The Hall–Kier alpha value is -3.11. The molecule has 0 radical (unpaired) electrons. The first-order chi connectivity index (χ1) is 18.1. The summed E-state index contributed by atoms with van der Waals surface area (Å²) in [6, 6.07) is 19.1. The molecular weight excluding hydrogens is 513 g/mol. The molecule has 0 bridgehead atoms. The number of fused-ring (bicyclic) bond motifs is 1. The predicted molar refractivity (Wildman–Crippen MR) is 142 cm³/mol. The molecule has 202 valence electrons. The van der Waals surface area contributed by atoms with Gasteiger partial charge < -0.3 is 10.2 Å². The van der Waals surface area contributed by atoms with Crippen molar-refractivity contribution < 1.29 is 21.6 Å². The quantitative estimate of drug-likeness (QED) is 0.398. The number of aromatic nitrogens is 1. The fraction of sp³-hybridized carbons (Fsp3) is 0.393. The maximum absolute atomic E-state index is 13.7. The lowest BCUT2D eigenvalue weighted by Crippen LogP contribution is -2.47. The molecule has 5 rings (SSSR count). The van der Waals surface area contributed by atoms with Gasteiger partial charge in [-0.25, -0.2) is 8.42 Å². The Morgan fingerprint density at radius 3 is 2.53 bits per heavy atom. The molecule has 1 N–H and O–H groups in total. The summed E-state index contributed by atoms with van der Waals surface area (Å²) < 4.78 is 67.2. The van der Waals surface area contributed by atoms with Crippen molar-refractivity contribution in [3.8, 4) is 0 Å². The normalized spacial score (nSPS) is 18.6. The lowest BCUT2D eigenvalue weighted by molar-refractivity contribution is -0.0492. The highest BCUT2D eigenvalue weighted by Gasteiger charge is 2.51. The zero-order valence-electron chi connectivity index (χ0n) is 21.2. The van der Waals surface area contributed by atoms with E-state index in [4.69, 9.17) is 0 Å². The van der Waals surface area contributed by atoms with E-state index >= 15 is 0 Å². The van der Waals surface area contributed by atoms with Crippen LogP contribution in [0.5, 0.6) is 0 Å². The number of halogens is 3. The number of alkyl halides is 3. The molecule has 2 aromatic carbocycles. The van der Waals surface area contributed by atoms with Crippen LogP contribution in [0.25, 0.3) is 0 Å². The van der Waals surface area contributed by atoms with Crippen LogP contribution < -0.4 is 10.2 Å². The van der Waals surface area contributed by atoms with Crippen molar-refractivity contribution in [1.29, 1.82) is 0 Å². The Balaban J connectivity index is 1.54. The third-order valence-corrected chi connectivity index (χ3v) is 8.77. The molecule has 38 heavy (non-hydrogen) atoms. The maximum Gasteiger partial charge on any atom is 0.511 e. The van der Waals surface area contributed by atoms with Crippen molar-refractivity contribution in [2.75, 3.05) is 16.8 Å². The van der Waals surface area contributed by atoms with Gasteiger partial charge in [-0.05, 0) is 67.5 Å². The number of hydrogen-bond acceptors (Lipinski definition) is 5. The number of sulfonamides is 1. The number of rotatable bonds is 8. The second-order valence-corrected chi connectivity index (χ2v) is 12.0. The third-order valence-electron chi connectivity index (χ3n) is 7.22. The highest BCUT2D eigenvalue weighted by Crippen LogP contribution is 2.37. The van der Waals surface area contributed by atoms with Gasteiger partial charge in [0, 0.05) is 42.7 Å². The van der Waals surface area contributed by atoms with Crippen LogP contribution in [0.1, 0.15) is 41.6 Å².